The third kappa shape index (κ3) is 8.51. The van der Waals surface area contributed by atoms with Gasteiger partial charge in [-0.05, 0) is 11.8 Å². The van der Waals surface area contributed by atoms with Crippen molar-refractivity contribution >= 4 is 99.2 Å². The zero-order valence-corrected chi connectivity index (χ0v) is 32.5. The van der Waals surface area contributed by atoms with E-state index in [-0.39, 0.29) is 47.2 Å². The molecule has 294 valence electrons. The molecule has 0 spiro atoms. The Bertz CT molecular complexity index is 2090. The number of imidazole rings is 2. The van der Waals surface area contributed by atoms with Gasteiger partial charge in [-0.3, -0.25) is 28.0 Å². The van der Waals surface area contributed by atoms with Crippen LogP contribution in [0.25, 0.3) is 22.3 Å². The smallest absolute Gasteiger partial charge is 0.412 e. The molecule has 3 aliphatic rings. The number of nitrogens with two attached hydrogens (primary N) is 1. The molecule has 0 aromatic carbocycles. The third-order valence-electron chi connectivity index (χ3n) is 8.10. The monoisotopic (exact) mass is 870 g/mol. The summed E-state index contributed by atoms with van der Waals surface area (Å²) < 4.78 is 56.2. The molecule has 0 radical (unpaired) electrons. The summed E-state index contributed by atoms with van der Waals surface area (Å²) in [7, 11) is 2.88. The summed E-state index contributed by atoms with van der Waals surface area (Å²) in [6.07, 6.45) is -6.81. The lowest BCUT2D eigenvalue weighted by atomic mass is 10.1. The van der Waals surface area contributed by atoms with Crippen LogP contribution in [0.2, 0.25) is 0 Å². The van der Waals surface area contributed by atoms with E-state index in [1.807, 2.05) is 0 Å². The van der Waals surface area contributed by atoms with Crippen LogP contribution in [-0.4, -0.2) is 140 Å². The van der Waals surface area contributed by atoms with Gasteiger partial charge in [-0.1, -0.05) is 33.8 Å². The predicted molar refractivity (Wildman–Crippen MR) is 197 cm³/mol. The Morgan fingerprint density at radius 3 is 2.22 bits per heavy atom. The van der Waals surface area contributed by atoms with E-state index >= 15 is 0 Å². The van der Waals surface area contributed by atoms with Gasteiger partial charge in [0.15, 0.2) is 40.9 Å². The molecule has 3 fully saturated rings. The van der Waals surface area contributed by atoms with Crippen molar-refractivity contribution in [2.24, 2.45) is 0 Å². The second-order valence-electron chi connectivity index (χ2n) is 11.5. The van der Waals surface area contributed by atoms with Crippen molar-refractivity contribution in [3.8, 4) is 0 Å². The second kappa shape index (κ2) is 16.7. The third-order valence-corrected chi connectivity index (χ3v) is 13.6. The van der Waals surface area contributed by atoms with Crippen LogP contribution in [0.3, 0.4) is 0 Å². The van der Waals surface area contributed by atoms with Gasteiger partial charge in [0.2, 0.25) is 0 Å². The van der Waals surface area contributed by atoms with Gasteiger partial charge in [-0.2, -0.15) is 0 Å². The molecule has 0 aliphatic carbocycles. The maximum atomic E-state index is 13.6. The lowest BCUT2D eigenvalue weighted by Gasteiger charge is -2.29. The molecule has 54 heavy (non-hydrogen) atoms. The summed E-state index contributed by atoms with van der Waals surface area (Å²) in [5, 5.41) is 34.2. The van der Waals surface area contributed by atoms with Crippen LogP contribution in [0.15, 0.2) is 25.3 Å². The number of ether oxygens (including phenoxy) is 3. The van der Waals surface area contributed by atoms with Crippen LogP contribution in [0, 0.1) is 0 Å². The standard InChI is InChI=1S/C25H32N10O13P2S4/c26-19-13-21(29-7-27-19)34(9-31-13)23-15(37)17-11(45-23)5-43-50(41,52)48-18-12(6-44-49(40,51)47-17)46-24(16(18)38)35-10-32-14-20(28-8-30-22(14)35)33-25(39)42-2-4-54-53-3-1-36/h7-12,15-18,23-24,36-38H,1-6H2,(H,40,51)(H,41,52)(H2,26,27,29)(H,28,30,33,39)/t11-,12-,15+,16+,17+,18+,23-,24-,49?,50?/m0/s1. The highest BCUT2D eigenvalue weighted by Gasteiger charge is 2.53. The van der Waals surface area contributed by atoms with Crippen molar-refractivity contribution in [2.45, 2.75) is 49.1 Å². The number of nitrogens with zero attached hydrogens (tertiary/aromatic N) is 8. The minimum absolute atomic E-state index is 0.00728. The number of carbonyl (C=O) groups is 1. The Morgan fingerprint density at radius 2 is 1.54 bits per heavy atom. The molecule has 0 bridgehead atoms. The summed E-state index contributed by atoms with van der Waals surface area (Å²) in [5.74, 6) is 1.14. The molecule has 23 nitrogen and oxygen atoms in total. The highest BCUT2D eigenvalue weighted by Crippen LogP contribution is 2.58. The molecule has 7 N–H and O–H groups in total. The lowest BCUT2D eigenvalue weighted by molar-refractivity contribution is -0.0577. The van der Waals surface area contributed by atoms with E-state index in [1.165, 1.54) is 49.7 Å². The molecule has 1 amide bonds. The van der Waals surface area contributed by atoms with Crippen molar-refractivity contribution in [3.63, 3.8) is 0 Å². The molecular weight excluding hydrogens is 839 g/mol. The number of rotatable bonds is 9. The van der Waals surface area contributed by atoms with Crippen molar-refractivity contribution < 1.29 is 61.9 Å². The Labute approximate surface area is 322 Å². The zero-order valence-electron chi connectivity index (χ0n) is 27.4. The molecular formula is C25H32N10O13P2S4. The molecule has 2 unspecified atom stereocenters. The number of fused-ring (bicyclic) bond motifs is 4. The SMILES string of the molecule is Nc1ncnc2c1ncn2[C@H]1O[C@H]2COP(O)(=S)O[C@H]3[C@@H](O)[C@@H](n4cnc5c(NC(=O)OCCSSCCO)ncnc54)O[C@H]3COP(=O)(S)O[C@H]2[C@H]1O. The fraction of sp³-hybridized carbons (Fsp3) is 0.560. The van der Waals surface area contributed by atoms with Gasteiger partial charge in [-0.25, -0.2) is 39.3 Å². The zero-order chi connectivity index (χ0) is 38.2. The Hall–Kier alpha value is -2.30. The number of aromatic nitrogens is 8. The number of anilines is 2. The maximum Gasteiger partial charge on any atom is 0.412 e. The van der Waals surface area contributed by atoms with Crippen molar-refractivity contribution in [1.29, 1.82) is 0 Å². The molecule has 4 aromatic rings. The number of thiol groups is 1. The van der Waals surface area contributed by atoms with Crippen LogP contribution in [0.1, 0.15) is 12.5 Å². The fourth-order valence-corrected chi connectivity index (χ4v) is 10.3. The highest BCUT2D eigenvalue weighted by atomic mass is 33.1. The van der Waals surface area contributed by atoms with E-state index in [0.29, 0.717) is 11.5 Å². The maximum absolute atomic E-state index is 13.6. The number of nitrogen functional groups attached to an aromatic ring is 1. The molecule has 10 atom stereocenters. The molecule has 4 aromatic heterocycles. The van der Waals surface area contributed by atoms with Crippen molar-refractivity contribution in [2.75, 3.05) is 49.0 Å². The topological polar surface area (TPSA) is 305 Å². The fourth-order valence-electron chi connectivity index (χ4n) is 5.77. The first-order chi connectivity index (χ1) is 25.9. The van der Waals surface area contributed by atoms with Gasteiger partial charge >= 0.3 is 19.6 Å². The van der Waals surface area contributed by atoms with Gasteiger partial charge in [0.25, 0.3) is 0 Å². The number of aliphatic hydroxyl groups excluding tert-OH is 3. The average molecular weight is 871 g/mol. The summed E-state index contributed by atoms with van der Waals surface area (Å²) in [5.41, 5.74) is 6.60. The number of nitrogens with one attached hydrogen (secondary N) is 1. The Balaban J connectivity index is 1.07. The number of hydrogen-bond donors (Lipinski definition) is 7. The summed E-state index contributed by atoms with van der Waals surface area (Å²) in [6.45, 7) is -9.52. The van der Waals surface area contributed by atoms with E-state index in [9.17, 15) is 24.5 Å². The summed E-state index contributed by atoms with van der Waals surface area (Å²) in [4.78, 5) is 48.4. The first kappa shape index (κ1) is 39.9. The lowest BCUT2D eigenvalue weighted by Crippen LogP contribution is -2.38. The first-order valence-electron chi connectivity index (χ1n) is 15.7. The Kier molecular flexibility index (Phi) is 12.3. The minimum atomic E-state index is -4.33. The second-order valence-corrected chi connectivity index (χ2v) is 19.9. The molecule has 3 aliphatic heterocycles. The van der Waals surface area contributed by atoms with E-state index in [1.54, 1.807) is 0 Å². The summed E-state index contributed by atoms with van der Waals surface area (Å²) >= 11 is 9.40. The number of hydrogen-bond acceptors (Lipinski definition) is 22. The quantitative estimate of drug-likeness (QED) is 0.0528. The largest absolute Gasteiger partial charge is 0.448 e. The van der Waals surface area contributed by atoms with Crippen LogP contribution in [0.4, 0.5) is 16.4 Å². The molecule has 7 heterocycles. The van der Waals surface area contributed by atoms with Crippen molar-refractivity contribution in [1.82, 2.24) is 39.0 Å². The van der Waals surface area contributed by atoms with E-state index < -0.39 is 81.9 Å². The van der Waals surface area contributed by atoms with Crippen LogP contribution in [-0.2, 0) is 48.7 Å². The molecule has 0 saturated carbocycles. The molecule has 29 heteroatoms. The van der Waals surface area contributed by atoms with Gasteiger partial charge in [0, 0.05) is 11.5 Å². The van der Waals surface area contributed by atoms with E-state index in [4.69, 9.17) is 55.0 Å². The normalized spacial score (nSPS) is 33.2. The van der Waals surface area contributed by atoms with Gasteiger partial charge in [-0.15, -0.1) is 0 Å². The van der Waals surface area contributed by atoms with Crippen LogP contribution in [0.5, 0.6) is 0 Å². The molecule has 7 rings (SSSR count). The Morgan fingerprint density at radius 1 is 0.944 bits per heavy atom. The number of aliphatic hydroxyl groups is 3. The van der Waals surface area contributed by atoms with Crippen LogP contribution >= 0.6 is 47.4 Å². The predicted octanol–water partition coefficient (Wildman–Crippen LogP) is 0.759. The van der Waals surface area contributed by atoms with Gasteiger partial charge < -0.3 is 44.7 Å². The van der Waals surface area contributed by atoms with Crippen molar-refractivity contribution in [3.05, 3.63) is 25.3 Å². The first-order valence-corrected chi connectivity index (χ1v) is 23.5. The van der Waals surface area contributed by atoms with E-state index in [2.05, 4.69) is 47.5 Å². The number of carbonyl (C=O) groups excluding carboxylic acids is 1. The number of amides is 1. The minimum Gasteiger partial charge on any atom is -0.448 e. The van der Waals surface area contributed by atoms with Crippen LogP contribution < -0.4 is 11.1 Å². The summed E-state index contributed by atoms with van der Waals surface area (Å²) in [6, 6.07) is 0. The van der Waals surface area contributed by atoms with Gasteiger partial charge in [0.05, 0.1) is 32.5 Å². The van der Waals surface area contributed by atoms with E-state index in [0.717, 1.165) is 6.33 Å². The highest BCUT2D eigenvalue weighted by molar-refractivity contribution is 8.76. The average Bonchev–Trinajstić information content (AvgIpc) is 3.89. The molecule has 3 saturated heterocycles. The van der Waals surface area contributed by atoms with Gasteiger partial charge in [0.1, 0.15) is 61.4 Å².